The summed E-state index contributed by atoms with van der Waals surface area (Å²) >= 11 is 6.26. The predicted molar refractivity (Wildman–Crippen MR) is 140 cm³/mol. The maximum atomic E-state index is 13.9. The molecule has 0 aliphatic carbocycles. The highest BCUT2D eigenvalue weighted by Crippen LogP contribution is 2.40. The molecule has 4 aromatic rings. The number of halogens is 1. The lowest BCUT2D eigenvalue weighted by atomic mass is 9.80. The van der Waals surface area contributed by atoms with Gasteiger partial charge in [-0.3, -0.25) is 9.59 Å². The fraction of sp³-hybridized carbons (Fsp3) is 0.321. The second-order valence-corrected chi connectivity index (χ2v) is 9.76. The van der Waals surface area contributed by atoms with Crippen molar-refractivity contribution in [3.63, 3.8) is 0 Å². The van der Waals surface area contributed by atoms with Crippen LogP contribution in [0.3, 0.4) is 0 Å². The summed E-state index contributed by atoms with van der Waals surface area (Å²) in [7, 11) is 0. The minimum atomic E-state index is -1.01. The number of nitrogens with zero attached hydrogens (tertiary/aromatic N) is 2. The number of hydrogen-bond acceptors (Lipinski definition) is 6. The lowest BCUT2D eigenvalue weighted by Gasteiger charge is -2.44. The van der Waals surface area contributed by atoms with Gasteiger partial charge in [0.1, 0.15) is 23.1 Å². The number of aromatic nitrogens is 1. The zero-order valence-electron chi connectivity index (χ0n) is 20.7. The molecule has 7 nitrogen and oxygen atoms in total. The van der Waals surface area contributed by atoms with Crippen molar-refractivity contribution in [2.45, 2.75) is 39.2 Å². The van der Waals surface area contributed by atoms with Crippen LogP contribution < -0.4 is 11.2 Å². The van der Waals surface area contributed by atoms with Gasteiger partial charge in [-0.05, 0) is 43.5 Å². The van der Waals surface area contributed by atoms with Crippen molar-refractivity contribution in [3.8, 4) is 0 Å². The van der Waals surface area contributed by atoms with E-state index < -0.39 is 5.54 Å². The molecule has 0 aliphatic heterocycles. The number of benzene rings is 2. The summed E-state index contributed by atoms with van der Waals surface area (Å²) in [6, 6.07) is 16.2. The van der Waals surface area contributed by atoms with Crippen LogP contribution in [0.2, 0.25) is 5.02 Å². The van der Waals surface area contributed by atoms with E-state index in [1.54, 1.807) is 23.1 Å². The normalized spacial score (nSPS) is 13.2. The van der Waals surface area contributed by atoms with Crippen LogP contribution in [0.4, 0.5) is 0 Å². The average molecular weight is 508 g/mol. The molecule has 2 N–H and O–H groups in total. The highest BCUT2D eigenvalue weighted by Gasteiger charge is 2.45. The molecule has 2 aromatic carbocycles. The molecule has 0 radical (unpaired) electrons. The van der Waals surface area contributed by atoms with E-state index >= 15 is 0 Å². The topological polar surface area (TPSA) is 103 Å². The predicted octanol–water partition coefficient (Wildman–Crippen LogP) is 5.39. The van der Waals surface area contributed by atoms with Gasteiger partial charge >= 0.3 is 0 Å². The van der Waals surface area contributed by atoms with Crippen LogP contribution in [0.15, 0.2) is 74.6 Å². The minimum absolute atomic E-state index is 0.138. The minimum Gasteiger partial charge on any atom is -0.458 e. The van der Waals surface area contributed by atoms with Gasteiger partial charge < -0.3 is 19.6 Å². The Balaban J connectivity index is 2.00. The standard InChI is InChI=1S/C28H30ClN3O4/c1-18(2)28(3,32(14-7-13-30)27(34)23-12-15-35-31-23)26-22(16-19-8-5-4-6-9-19)25(33)21-11-10-20(29)17-24(21)36-26/h4-6,8-12,15,17-18H,7,13-14,16,30H2,1-3H3. The van der Waals surface area contributed by atoms with Crippen LogP contribution in [0, 0.1) is 5.92 Å². The van der Waals surface area contributed by atoms with Crippen molar-refractivity contribution in [1.82, 2.24) is 10.1 Å². The lowest BCUT2D eigenvalue weighted by molar-refractivity contribution is 0.0251. The zero-order chi connectivity index (χ0) is 25.9. The highest BCUT2D eigenvalue weighted by molar-refractivity contribution is 6.31. The van der Waals surface area contributed by atoms with Gasteiger partial charge in [0.05, 0.1) is 5.39 Å². The molecule has 0 aliphatic rings. The molecule has 4 rings (SSSR count). The van der Waals surface area contributed by atoms with Crippen molar-refractivity contribution in [1.29, 1.82) is 0 Å². The first-order valence-electron chi connectivity index (χ1n) is 12.0. The van der Waals surface area contributed by atoms with Crippen LogP contribution >= 0.6 is 11.6 Å². The van der Waals surface area contributed by atoms with Crippen LogP contribution in [0.25, 0.3) is 11.0 Å². The van der Waals surface area contributed by atoms with Crippen molar-refractivity contribution in [2.75, 3.05) is 13.1 Å². The van der Waals surface area contributed by atoms with Gasteiger partial charge in [-0.2, -0.15) is 0 Å². The fourth-order valence-corrected chi connectivity index (χ4v) is 4.69. The number of carbonyl (C=O) groups excluding carboxylic acids is 1. The van der Waals surface area contributed by atoms with E-state index in [0.717, 1.165) is 5.56 Å². The first-order chi connectivity index (χ1) is 17.3. The molecule has 0 saturated heterocycles. The number of fused-ring (bicyclic) bond motifs is 1. The van der Waals surface area contributed by atoms with Crippen LogP contribution in [-0.2, 0) is 12.0 Å². The van der Waals surface area contributed by atoms with Crippen LogP contribution in [0.1, 0.15) is 54.6 Å². The molecule has 188 valence electrons. The molecule has 8 heteroatoms. The van der Waals surface area contributed by atoms with Crippen LogP contribution in [0.5, 0.6) is 0 Å². The van der Waals surface area contributed by atoms with Gasteiger partial charge in [0.25, 0.3) is 5.91 Å². The molecular formula is C28H30ClN3O4. The first-order valence-corrected chi connectivity index (χ1v) is 12.4. The first kappa shape index (κ1) is 25.7. The lowest BCUT2D eigenvalue weighted by Crippen LogP contribution is -2.52. The monoisotopic (exact) mass is 507 g/mol. The van der Waals surface area contributed by atoms with E-state index in [4.69, 9.17) is 26.3 Å². The van der Waals surface area contributed by atoms with E-state index in [2.05, 4.69) is 5.16 Å². The van der Waals surface area contributed by atoms with Gasteiger partial charge in [0.2, 0.25) is 0 Å². The molecule has 36 heavy (non-hydrogen) atoms. The van der Waals surface area contributed by atoms with Crippen molar-refractivity contribution in [2.24, 2.45) is 11.7 Å². The van der Waals surface area contributed by atoms with Crippen molar-refractivity contribution in [3.05, 3.63) is 98.7 Å². The molecule has 1 unspecified atom stereocenters. The summed E-state index contributed by atoms with van der Waals surface area (Å²) in [4.78, 5) is 29.3. The maximum absolute atomic E-state index is 13.9. The Kier molecular flexibility index (Phi) is 7.62. The van der Waals surface area contributed by atoms with Gasteiger partial charge in [-0.25, -0.2) is 0 Å². The Hall–Kier alpha value is -3.42. The summed E-state index contributed by atoms with van der Waals surface area (Å²) in [6.07, 6.45) is 2.27. The molecule has 1 atom stereocenters. The summed E-state index contributed by atoms with van der Waals surface area (Å²) < 4.78 is 11.5. The average Bonchev–Trinajstić information content (AvgIpc) is 3.41. The Labute approximate surface area is 214 Å². The molecule has 2 aromatic heterocycles. The van der Waals surface area contributed by atoms with Crippen molar-refractivity contribution >= 4 is 28.5 Å². The summed E-state index contributed by atoms with van der Waals surface area (Å²) in [5.74, 6) is -0.0386. The SMILES string of the molecule is CC(C)C(C)(c1oc2cc(Cl)ccc2c(=O)c1Cc1ccccc1)N(CCCN)C(=O)c1ccon1. The van der Waals surface area contributed by atoms with Gasteiger partial charge in [-0.15, -0.1) is 0 Å². The third-order valence-corrected chi connectivity index (χ3v) is 7.04. The van der Waals surface area contributed by atoms with Crippen molar-refractivity contribution < 1.29 is 13.7 Å². The molecule has 0 saturated carbocycles. The second kappa shape index (κ2) is 10.7. The van der Waals surface area contributed by atoms with Gasteiger partial charge in [0, 0.05) is 35.7 Å². The number of nitrogens with two attached hydrogens (primary N) is 1. The Bertz CT molecular complexity index is 1400. The Morgan fingerprint density at radius 2 is 1.92 bits per heavy atom. The third kappa shape index (κ3) is 4.81. The Morgan fingerprint density at radius 1 is 1.17 bits per heavy atom. The van der Waals surface area contributed by atoms with Gasteiger partial charge in [0.15, 0.2) is 11.1 Å². The number of carbonyl (C=O) groups is 1. The number of amides is 1. The molecule has 0 bridgehead atoms. The fourth-order valence-electron chi connectivity index (χ4n) is 4.53. The molecule has 2 heterocycles. The van der Waals surface area contributed by atoms with E-state index in [1.807, 2.05) is 51.1 Å². The number of hydrogen-bond donors (Lipinski definition) is 1. The summed E-state index contributed by atoms with van der Waals surface area (Å²) in [5.41, 5.74) is 6.69. The van der Waals surface area contributed by atoms with Gasteiger partial charge in [-0.1, -0.05) is 60.9 Å². The summed E-state index contributed by atoms with van der Waals surface area (Å²) in [5, 5.41) is 4.77. The largest absolute Gasteiger partial charge is 0.458 e. The highest BCUT2D eigenvalue weighted by atomic mass is 35.5. The quantitative estimate of drug-likeness (QED) is 0.326. The summed E-state index contributed by atoms with van der Waals surface area (Å²) in [6.45, 7) is 6.67. The molecule has 0 spiro atoms. The molecule has 0 fully saturated rings. The molecule has 1 amide bonds. The maximum Gasteiger partial charge on any atom is 0.276 e. The zero-order valence-corrected chi connectivity index (χ0v) is 21.4. The third-order valence-electron chi connectivity index (χ3n) is 6.80. The van der Waals surface area contributed by atoms with Crippen LogP contribution in [-0.4, -0.2) is 29.1 Å². The number of rotatable bonds is 9. The Morgan fingerprint density at radius 3 is 2.56 bits per heavy atom. The van der Waals surface area contributed by atoms with E-state index in [-0.39, 0.29) is 22.9 Å². The smallest absolute Gasteiger partial charge is 0.276 e. The molecular weight excluding hydrogens is 478 g/mol. The van der Waals surface area contributed by atoms with E-state index in [9.17, 15) is 9.59 Å². The van der Waals surface area contributed by atoms with E-state index in [0.29, 0.717) is 53.2 Å². The second-order valence-electron chi connectivity index (χ2n) is 9.33. The van der Waals surface area contributed by atoms with E-state index in [1.165, 1.54) is 12.3 Å².